The Labute approximate surface area is 232 Å². The molecule has 0 atom stereocenters. The number of carbonyl (C=O) groups is 3. The number of halogens is 2. The maximum atomic E-state index is 13.1. The van der Waals surface area contributed by atoms with Gasteiger partial charge in [-0.2, -0.15) is 0 Å². The van der Waals surface area contributed by atoms with Crippen molar-refractivity contribution in [2.45, 2.75) is 13.5 Å². The predicted octanol–water partition coefficient (Wildman–Crippen LogP) is 6.58. The van der Waals surface area contributed by atoms with E-state index in [1.807, 2.05) is 0 Å². The predicted molar refractivity (Wildman–Crippen MR) is 143 cm³/mol. The van der Waals surface area contributed by atoms with E-state index in [-0.39, 0.29) is 24.0 Å². The van der Waals surface area contributed by atoms with Gasteiger partial charge in [0.25, 0.3) is 11.1 Å². The Kier molecular flexibility index (Phi) is 7.51. The lowest BCUT2D eigenvalue weighted by Gasteiger charge is -2.14. The van der Waals surface area contributed by atoms with Crippen LogP contribution in [-0.4, -0.2) is 35.4 Å². The molecule has 2 amide bonds. The molecule has 5 rings (SSSR count). The van der Waals surface area contributed by atoms with Crippen molar-refractivity contribution in [2.75, 3.05) is 13.4 Å². The largest absolute Gasteiger partial charge is 0.490 e. The third-order valence-electron chi connectivity index (χ3n) is 5.57. The molecule has 2 aliphatic rings. The van der Waals surface area contributed by atoms with Gasteiger partial charge in [0.1, 0.15) is 0 Å². The molecule has 0 aromatic heterocycles. The van der Waals surface area contributed by atoms with Gasteiger partial charge < -0.3 is 18.9 Å². The molecular weight excluding hydrogens is 553 g/mol. The molecule has 3 aromatic carbocycles. The van der Waals surface area contributed by atoms with Crippen molar-refractivity contribution < 1.29 is 33.3 Å². The minimum absolute atomic E-state index is 0.0138. The fraction of sp³-hybridized carbons (Fsp3) is 0.148. The quantitative estimate of drug-likeness (QED) is 0.178. The number of ether oxygens (including phenoxy) is 4. The third kappa shape index (κ3) is 5.45. The number of nitrogens with zero attached hydrogens (tertiary/aromatic N) is 1. The van der Waals surface area contributed by atoms with Gasteiger partial charge >= 0.3 is 5.97 Å². The lowest BCUT2D eigenvalue weighted by molar-refractivity contribution is -0.123. The summed E-state index contributed by atoms with van der Waals surface area (Å²) in [4.78, 5) is 39.7. The van der Waals surface area contributed by atoms with Crippen LogP contribution in [0, 0.1) is 0 Å². The molecule has 1 fully saturated rings. The molecule has 3 aromatic rings. The molecule has 0 unspecified atom stereocenters. The highest BCUT2D eigenvalue weighted by Crippen LogP contribution is 2.40. The SMILES string of the molecule is CCOc1cc(/C=C2\SC(=O)N(Cc3cc4c(cc3Cl)OCO4)C2=O)ccc1OC(=O)c1cccc(Cl)c1. The first-order chi connectivity index (χ1) is 18.3. The van der Waals surface area contributed by atoms with Crippen LogP contribution < -0.4 is 18.9 Å². The van der Waals surface area contributed by atoms with E-state index < -0.39 is 17.1 Å². The second-order valence-corrected chi connectivity index (χ2v) is 9.94. The van der Waals surface area contributed by atoms with E-state index in [2.05, 4.69) is 0 Å². The highest BCUT2D eigenvalue weighted by Gasteiger charge is 2.36. The molecule has 38 heavy (non-hydrogen) atoms. The van der Waals surface area contributed by atoms with Crippen LogP contribution in [-0.2, 0) is 11.3 Å². The van der Waals surface area contributed by atoms with Gasteiger partial charge in [0.2, 0.25) is 6.79 Å². The summed E-state index contributed by atoms with van der Waals surface area (Å²) in [6, 6.07) is 14.5. The lowest BCUT2D eigenvalue weighted by Crippen LogP contribution is -2.27. The molecule has 0 N–H and O–H groups in total. The van der Waals surface area contributed by atoms with Crippen LogP contribution in [0.25, 0.3) is 6.08 Å². The Balaban J connectivity index is 1.35. The first-order valence-electron chi connectivity index (χ1n) is 11.4. The zero-order valence-electron chi connectivity index (χ0n) is 19.9. The summed E-state index contributed by atoms with van der Waals surface area (Å²) >= 11 is 13.1. The average molecular weight is 572 g/mol. The Hall–Kier alpha value is -3.66. The number of carbonyl (C=O) groups excluding carboxylic acids is 3. The minimum Gasteiger partial charge on any atom is -0.490 e. The molecule has 11 heteroatoms. The molecule has 194 valence electrons. The highest BCUT2D eigenvalue weighted by atomic mass is 35.5. The summed E-state index contributed by atoms with van der Waals surface area (Å²) in [5.41, 5.74) is 1.44. The molecular formula is C27H19Cl2NO7S. The van der Waals surface area contributed by atoms with Crippen molar-refractivity contribution in [3.8, 4) is 23.0 Å². The molecule has 0 spiro atoms. The van der Waals surface area contributed by atoms with Crippen molar-refractivity contribution in [2.24, 2.45) is 0 Å². The van der Waals surface area contributed by atoms with Crippen LogP contribution in [0.4, 0.5) is 4.79 Å². The van der Waals surface area contributed by atoms with Crippen LogP contribution in [0.1, 0.15) is 28.4 Å². The van der Waals surface area contributed by atoms with Gasteiger partial charge in [-0.05, 0) is 72.3 Å². The number of hydrogen-bond donors (Lipinski definition) is 0. The molecule has 0 saturated carbocycles. The molecule has 0 radical (unpaired) electrons. The van der Waals surface area contributed by atoms with Gasteiger partial charge in [-0.1, -0.05) is 35.3 Å². The van der Waals surface area contributed by atoms with Gasteiger partial charge in [0, 0.05) is 16.1 Å². The fourth-order valence-corrected chi connectivity index (χ4v) is 5.02. The van der Waals surface area contributed by atoms with Gasteiger partial charge in [0.15, 0.2) is 23.0 Å². The van der Waals surface area contributed by atoms with Crippen molar-refractivity contribution in [3.05, 3.63) is 86.2 Å². The molecule has 0 aliphatic carbocycles. The number of imide groups is 1. The Morgan fingerprint density at radius 1 is 1.05 bits per heavy atom. The van der Waals surface area contributed by atoms with Crippen molar-refractivity contribution in [1.82, 2.24) is 4.90 Å². The number of benzene rings is 3. The summed E-state index contributed by atoms with van der Waals surface area (Å²) < 4.78 is 21.9. The van der Waals surface area contributed by atoms with Crippen LogP contribution in [0.3, 0.4) is 0 Å². The summed E-state index contributed by atoms with van der Waals surface area (Å²) in [6.45, 7) is 2.18. The van der Waals surface area contributed by atoms with Crippen LogP contribution in [0.5, 0.6) is 23.0 Å². The van der Waals surface area contributed by atoms with Gasteiger partial charge in [-0.15, -0.1) is 0 Å². The smallest absolute Gasteiger partial charge is 0.343 e. The molecule has 8 nitrogen and oxygen atoms in total. The monoisotopic (exact) mass is 571 g/mol. The number of hydrogen-bond acceptors (Lipinski definition) is 8. The first kappa shape index (κ1) is 26.0. The van der Waals surface area contributed by atoms with E-state index in [1.54, 1.807) is 61.5 Å². The standard InChI is InChI=1S/C27H19Cl2NO7S/c1-2-34-21-8-15(6-7-20(21)37-26(32)16-4-3-5-18(28)10-16)9-24-25(31)30(27(33)38-24)13-17-11-22-23(12-19(17)29)36-14-35-22/h3-12H,2,13-14H2,1H3/b24-9-. The summed E-state index contributed by atoms with van der Waals surface area (Å²) in [5.74, 6) is 0.487. The van der Waals surface area contributed by atoms with Crippen LogP contribution in [0.15, 0.2) is 59.5 Å². The second kappa shape index (κ2) is 11.0. The fourth-order valence-electron chi connectivity index (χ4n) is 3.78. The van der Waals surface area contributed by atoms with Crippen molar-refractivity contribution >= 4 is 58.2 Å². The highest BCUT2D eigenvalue weighted by molar-refractivity contribution is 8.18. The number of amides is 2. The molecule has 2 heterocycles. The van der Waals surface area contributed by atoms with E-state index in [9.17, 15) is 14.4 Å². The molecule has 2 aliphatic heterocycles. The zero-order valence-corrected chi connectivity index (χ0v) is 22.2. The normalized spacial score (nSPS) is 15.3. The van der Waals surface area contributed by atoms with Gasteiger partial charge in [-0.25, -0.2) is 4.79 Å². The maximum Gasteiger partial charge on any atom is 0.343 e. The minimum atomic E-state index is -0.593. The number of fused-ring (bicyclic) bond motifs is 1. The van der Waals surface area contributed by atoms with Crippen molar-refractivity contribution in [3.63, 3.8) is 0 Å². The van der Waals surface area contributed by atoms with Gasteiger partial charge in [-0.3, -0.25) is 14.5 Å². The Morgan fingerprint density at radius 2 is 1.84 bits per heavy atom. The number of esters is 1. The van der Waals surface area contributed by atoms with Crippen molar-refractivity contribution in [1.29, 1.82) is 0 Å². The molecule has 0 bridgehead atoms. The Morgan fingerprint density at radius 3 is 2.61 bits per heavy atom. The second-order valence-electron chi connectivity index (χ2n) is 8.10. The summed E-state index contributed by atoms with van der Waals surface area (Å²) in [7, 11) is 0. The van der Waals surface area contributed by atoms with Crippen LogP contribution >= 0.6 is 35.0 Å². The number of rotatable bonds is 7. The third-order valence-corrected chi connectivity index (χ3v) is 7.07. The van der Waals surface area contributed by atoms with E-state index in [1.165, 1.54) is 6.07 Å². The van der Waals surface area contributed by atoms with E-state index in [0.29, 0.717) is 50.6 Å². The first-order valence-corrected chi connectivity index (χ1v) is 13.0. The van der Waals surface area contributed by atoms with E-state index >= 15 is 0 Å². The molecule has 1 saturated heterocycles. The summed E-state index contributed by atoms with van der Waals surface area (Å²) in [5, 5.41) is 0.350. The van der Waals surface area contributed by atoms with E-state index in [4.69, 9.17) is 42.1 Å². The zero-order chi connectivity index (χ0) is 26.8. The summed E-state index contributed by atoms with van der Waals surface area (Å²) in [6.07, 6.45) is 1.58. The lowest BCUT2D eigenvalue weighted by atomic mass is 10.1. The van der Waals surface area contributed by atoms with Gasteiger partial charge in [0.05, 0.1) is 23.6 Å². The Bertz CT molecular complexity index is 1490. The van der Waals surface area contributed by atoms with E-state index in [0.717, 1.165) is 16.7 Å². The van der Waals surface area contributed by atoms with Crippen LogP contribution in [0.2, 0.25) is 10.0 Å². The average Bonchev–Trinajstić information content (AvgIpc) is 3.44. The maximum absolute atomic E-state index is 13.1. The topological polar surface area (TPSA) is 91.4 Å². The number of thioether (sulfide) groups is 1.